The average Bonchev–Trinajstić information content (AvgIpc) is 3.78. The predicted octanol–water partition coefficient (Wildman–Crippen LogP) is 1.66. The van der Waals surface area contributed by atoms with E-state index >= 15 is 0 Å². The van der Waals surface area contributed by atoms with Gasteiger partial charge in [-0.3, -0.25) is 42.5 Å². The summed E-state index contributed by atoms with van der Waals surface area (Å²) in [5, 5.41) is 33.8. The van der Waals surface area contributed by atoms with Crippen molar-refractivity contribution in [3.8, 4) is 0 Å². The zero-order valence-electron chi connectivity index (χ0n) is 25.9. The molecule has 9 fully saturated rings. The molecule has 4 saturated carbocycles. The summed E-state index contributed by atoms with van der Waals surface area (Å²) in [7, 11) is 0. The molecule has 8 unspecified atom stereocenters. The number of fused-ring (bicyclic) bond motifs is 20. The molecule has 11 heteroatoms. The van der Waals surface area contributed by atoms with E-state index in [-0.39, 0.29) is 5.48 Å². The van der Waals surface area contributed by atoms with Crippen LogP contribution in [0.5, 0.6) is 0 Å². The van der Waals surface area contributed by atoms with E-state index < -0.39 is 0 Å². The Bertz CT molecular complexity index is 743. The fourth-order valence-corrected chi connectivity index (χ4v) is 12.0. The Morgan fingerprint density at radius 1 is 0.279 bits per heavy atom. The first-order valence-electron chi connectivity index (χ1n) is 18.1. The van der Waals surface area contributed by atoms with Crippen LogP contribution in [0.2, 0.25) is 0 Å². The molecule has 4 aliphatic carbocycles. The van der Waals surface area contributed by atoms with Gasteiger partial charge in [0.25, 0.3) is 0 Å². The third kappa shape index (κ3) is 5.75. The normalized spacial score (nSPS) is 53.7. The van der Waals surface area contributed by atoms with Crippen molar-refractivity contribution in [3.05, 3.63) is 0 Å². The van der Waals surface area contributed by atoms with E-state index in [1.807, 2.05) is 0 Å². The third-order valence-electron chi connectivity index (χ3n) is 13.8. The minimum absolute atomic E-state index is 0. The van der Waals surface area contributed by atoms with Crippen LogP contribution in [0.4, 0.5) is 0 Å². The van der Waals surface area contributed by atoms with Gasteiger partial charge in [-0.15, -0.1) is 0 Å². The van der Waals surface area contributed by atoms with Crippen LogP contribution < -0.4 is 42.5 Å². The molecule has 0 aromatic heterocycles. The van der Waals surface area contributed by atoms with Crippen LogP contribution in [0.15, 0.2) is 0 Å². The van der Waals surface area contributed by atoms with Gasteiger partial charge in [-0.25, -0.2) is 0 Å². The van der Waals surface area contributed by atoms with Gasteiger partial charge in [0.05, 0.1) is 49.3 Å². The van der Waals surface area contributed by atoms with Gasteiger partial charge in [-0.05, 0) is 98.7 Å². The van der Waals surface area contributed by atoms with Crippen LogP contribution in [0.1, 0.15) is 103 Å². The molecular weight excluding hydrogens is 580 g/mol. The average molecular weight is 639 g/mol. The van der Waals surface area contributed by atoms with Crippen molar-refractivity contribution < 1.29 is 25.5 Å². The maximum atomic E-state index is 8.12. The molecule has 8 bridgehead atoms. The van der Waals surface area contributed by atoms with Gasteiger partial charge >= 0.3 is 20.0 Å². The summed E-state index contributed by atoms with van der Waals surface area (Å²) in [4.78, 5) is 0. The zero-order chi connectivity index (χ0) is 28.2. The number of rotatable bonds is 0. The summed E-state index contributed by atoms with van der Waals surface area (Å²) in [6, 6.07) is 0. The van der Waals surface area contributed by atoms with Crippen molar-refractivity contribution >= 4 is 0 Å². The number of nitrogens with one attached hydrogen (secondary N) is 8. The fourth-order valence-electron chi connectivity index (χ4n) is 12.0. The molecule has 5 aliphatic heterocycles. The number of hydrogen-bond acceptors (Lipinski definition) is 9. The monoisotopic (exact) mass is 638 g/mol. The van der Waals surface area contributed by atoms with Crippen LogP contribution in [-0.2, 0) is 20.0 Å². The van der Waals surface area contributed by atoms with E-state index in [9.17, 15) is 0 Å². The summed E-state index contributed by atoms with van der Waals surface area (Å²) >= 11 is 1.38. The first-order chi connectivity index (χ1) is 20.8. The van der Waals surface area contributed by atoms with Crippen molar-refractivity contribution in [3.63, 3.8) is 0 Å². The Labute approximate surface area is 266 Å². The van der Waals surface area contributed by atoms with E-state index in [4.69, 9.17) is 3.80 Å². The van der Waals surface area contributed by atoms with Crippen molar-refractivity contribution in [1.82, 2.24) is 42.5 Å². The van der Waals surface area contributed by atoms with Gasteiger partial charge in [-0.1, -0.05) is 51.4 Å². The van der Waals surface area contributed by atoms with Gasteiger partial charge in [0.2, 0.25) is 0 Å². The molecule has 5 saturated heterocycles. The molecular formula is C32H58CrN8O2. The molecule has 0 spiro atoms. The van der Waals surface area contributed by atoms with Gasteiger partial charge in [0.15, 0.2) is 0 Å². The van der Waals surface area contributed by atoms with E-state index in [2.05, 4.69) is 42.5 Å². The minimum atomic E-state index is 0. The SMILES string of the molecule is C1CCC2C3NC(NC4NC(NC5NC(NC6NC(N3)C3CCCCC63)C3CCCCC53)C3CCCCC43)C2C1.O.[O]=[Cr]. The summed E-state index contributed by atoms with van der Waals surface area (Å²) < 4.78 is 8.12. The zero-order valence-corrected chi connectivity index (χ0v) is 27.1. The molecule has 0 aromatic rings. The van der Waals surface area contributed by atoms with Crippen LogP contribution in [-0.4, -0.2) is 54.8 Å². The van der Waals surface area contributed by atoms with Crippen LogP contribution >= 0.6 is 0 Å². The first-order valence-corrected chi connectivity index (χ1v) is 18.6. The van der Waals surface area contributed by atoms with Crippen LogP contribution in [0, 0.1) is 47.3 Å². The molecule has 10 nitrogen and oxygen atoms in total. The summed E-state index contributed by atoms with van der Waals surface area (Å²) in [5.74, 6) is 5.97. The second-order valence-electron chi connectivity index (χ2n) is 15.6. The molecule has 9 aliphatic rings. The van der Waals surface area contributed by atoms with Crippen molar-refractivity contribution in [2.75, 3.05) is 0 Å². The van der Waals surface area contributed by atoms with Gasteiger partial charge in [0, 0.05) is 0 Å². The molecule has 0 amide bonds. The summed E-state index contributed by atoms with van der Waals surface area (Å²) in [5.41, 5.74) is 0. The molecule has 43 heavy (non-hydrogen) atoms. The third-order valence-corrected chi connectivity index (χ3v) is 13.8. The van der Waals surface area contributed by atoms with Gasteiger partial charge in [-0.2, -0.15) is 0 Å². The topological polar surface area (TPSA) is 145 Å². The Balaban J connectivity index is 0.000000981. The Morgan fingerprint density at radius 2 is 0.395 bits per heavy atom. The summed E-state index contributed by atoms with van der Waals surface area (Å²) in [6.07, 6.45) is 25.6. The standard InChI is InChI=1S/C32H56N8.Cr.H2O.O/c1-2-10-18-17(9-1)25-33-26(18)38-28-21-13-5-6-14-22(21)30(35-28)40-32-24-16-8-7-15-23(24)31(36-32)39-29-20-12-4-3-11-19(20)27(34-29)37-25;;;/h17-40H,1-16H2;;1H2;. The molecule has 244 valence electrons. The Hall–Kier alpha value is -0.0275. The van der Waals surface area contributed by atoms with Crippen LogP contribution in [0.25, 0.3) is 0 Å². The second kappa shape index (κ2) is 13.6. The Kier molecular flexibility index (Phi) is 9.99. The Morgan fingerprint density at radius 3 is 0.512 bits per heavy atom. The molecule has 0 radical (unpaired) electrons. The quantitative estimate of drug-likeness (QED) is 0.199. The van der Waals surface area contributed by atoms with E-state index in [0.717, 1.165) is 47.3 Å². The van der Waals surface area contributed by atoms with Crippen molar-refractivity contribution in [2.24, 2.45) is 47.3 Å². The second-order valence-corrected chi connectivity index (χ2v) is 15.6. The summed E-state index contributed by atoms with van der Waals surface area (Å²) in [6.45, 7) is 0. The first kappa shape index (κ1) is 31.6. The molecule has 10 N–H and O–H groups in total. The van der Waals surface area contributed by atoms with Crippen molar-refractivity contribution in [2.45, 2.75) is 152 Å². The van der Waals surface area contributed by atoms with Gasteiger partial charge < -0.3 is 5.48 Å². The number of hydrogen-bond donors (Lipinski definition) is 8. The van der Waals surface area contributed by atoms with Gasteiger partial charge in [0.1, 0.15) is 0 Å². The molecule has 8 atom stereocenters. The van der Waals surface area contributed by atoms with E-state index in [1.165, 1.54) is 119 Å². The van der Waals surface area contributed by atoms with E-state index in [0.29, 0.717) is 49.3 Å². The van der Waals surface area contributed by atoms with E-state index in [1.54, 1.807) is 0 Å². The molecule has 9 rings (SSSR count). The molecule has 5 heterocycles. The molecule has 0 aromatic carbocycles. The van der Waals surface area contributed by atoms with Crippen LogP contribution in [0.3, 0.4) is 0 Å². The fraction of sp³-hybridized carbons (Fsp3) is 1.00. The van der Waals surface area contributed by atoms with Crippen molar-refractivity contribution in [1.29, 1.82) is 0 Å². The predicted molar refractivity (Wildman–Crippen MR) is 161 cm³/mol. The maximum absolute atomic E-state index is 8.12.